The van der Waals surface area contributed by atoms with Crippen LogP contribution in [-0.4, -0.2) is 28.3 Å². The van der Waals surface area contributed by atoms with Crippen LogP contribution in [0.4, 0.5) is 0 Å². The predicted octanol–water partition coefficient (Wildman–Crippen LogP) is 1.73. The summed E-state index contributed by atoms with van der Waals surface area (Å²) < 4.78 is 10.2. The zero-order valence-electron chi connectivity index (χ0n) is 12.2. The summed E-state index contributed by atoms with van der Waals surface area (Å²) in [7, 11) is 0. The first kappa shape index (κ1) is 15.6. The quantitative estimate of drug-likeness (QED) is 0.572. The maximum atomic E-state index is 11.6. The summed E-state index contributed by atoms with van der Waals surface area (Å²) >= 11 is 0. The second-order valence-electron chi connectivity index (χ2n) is 4.44. The average molecular weight is 300 g/mol. The molecule has 0 aliphatic heterocycles. The fourth-order valence-corrected chi connectivity index (χ4v) is 1.73. The minimum Gasteiger partial charge on any atom is -0.473 e. The summed E-state index contributed by atoms with van der Waals surface area (Å²) in [6.45, 7) is 2.17. The molecule has 0 saturated heterocycles. The van der Waals surface area contributed by atoms with Crippen LogP contribution >= 0.6 is 0 Å². The van der Waals surface area contributed by atoms with Crippen LogP contribution in [0.1, 0.15) is 18.2 Å². The zero-order chi connectivity index (χ0) is 15.8. The number of nitrogens with zero attached hydrogens (tertiary/aromatic N) is 2. The van der Waals surface area contributed by atoms with Gasteiger partial charge in [-0.15, -0.1) is 0 Å². The molecule has 1 heterocycles. The van der Waals surface area contributed by atoms with E-state index in [1.54, 1.807) is 13.0 Å². The summed E-state index contributed by atoms with van der Waals surface area (Å²) in [5.41, 5.74) is 1.42. The summed E-state index contributed by atoms with van der Waals surface area (Å²) in [4.78, 5) is 30.9. The minimum atomic E-state index is -0.854. The van der Waals surface area contributed by atoms with Gasteiger partial charge in [-0.2, -0.15) is 0 Å². The summed E-state index contributed by atoms with van der Waals surface area (Å²) in [6.07, 6.45) is 1.16. The third-order valence-corrected chi connectivity index (χ3v) is 2.77. The Morgan fingerprint density at radius 3 is 2.64 bits per heavy atom. The molecule has 0 aliphatic rings. The van der Waals surface area contributed by atoms with E-state index in [9.17, 15) is 9.59 Å². The van der Waals surface area contributed by atoms with E-state index in [-0.39, 0.29) is 13.0 Å². The second-order valence-corrected chi connectivity index (χ2v) is 4.44. The molecule has 0 amide bonds. The molecule has 6 nitrogen and oxygen atoms in total. The van der Waals surface area contributed by atoms with Gasteiger partial charge in [0.2, 0.25) is 11.7 Å². The first-order chi connectivity index (χ1) is 10.7. The van der Waals surface area contributed by atoms with Crippen molar-refractivity contribution in [3.05, 3.63) is 54.0 Å². The molecular weight excluding hydrogens is 284 g/mol. The smallest absolute Gasteiger partial charge is 0.375 e. The number of carbonyl (C=O) groups excluding carboxylic acids is 2. The lowest BCUT2D eigenvalue weighted by atomic mass is 10.2. The lowest BCUT2D eigenvalue weighted by Gasteiger charge is -2.06. The molecule has 2 rings (SSSR count). The molecule has 0 saturated carbocycles. The third-order valence-electron chi connectivity index (χ3n) is 2.77. The number of esters is 1. The van der Waals surface area contributed by atoms with Crippen molar-refractivity contribution >= 4 is 11.8 Å². The lowest BCUT2D eigenvalue weighted by Crippen LogP contribution is -2.20. The number of hydrogen-bond acceptors (Lipinski definition) is 6. The van der Waals surface area contributed by atoms with Gasteiger partial charge >= 0.3 is 5.97 Å². The van der Waals surface area contributed by atoms with Crippen LogP contribution in [-0.2, 0) is 27.4 Å². The van der Waals surface area contributed by atoms with Crippen LogP contribution in [0.2, 0.25) is 0 Å². The van der Waals surface area contributed by atoms with Crippen molar-refractivity contribution in [1.82, 2.24) is 9.97 Å². The second kappa shape index (κ2) is 7.87. The minimum absolute atomic E-state index is 0.136. The van der Waals surface area contributed by atoms with Crippen LogP contribution < -0.4 is 4.74 Å². The van der Waals surface area contributed by atoms with Crippen molar-refractivity contribution in [2.24, 2.45) is 0 Å². The molecule has 0 bridgehead atoms. The van der Waals surface area contributed by atoms with Gasteiger partial charge in [0.05, 0.1) is 18.7 Å². The Labute approximate surface area is 128 Å². The molecule has 114 valence electrons. The van der Waals surface area contributed by atoms with Gasteiger partial charge in [0, 0.05) is 6.07 Å². The van der Waals surface area contributed by atoms with E-state index in [0.717, 1.165) is 5.56 Å². The first-order valence-corrected chi connectivity index (χ1v) is 6.86. The predicted molar refractivity (Wildman–Crippen MR) is 78.2 cm³/mol. The molecule has 0 spiro atoms. The van der Waals surface area contributed by atoms with Gasteiger partial charge in [-0.3, -0.25) is 4.79 Å². The van der Waals surface area contributed by atoms with Gasteiger partial charge in [0.15, 0.2) is 0 Å². The number of ketones is 1. The zero-order valence-corrected chi connectivity index (χ0v) is 12.2. The van der Waals surface area contributed by atoms with Crippen molar-refractivity contribution in [1.29, 1.82) is 0 Å². The molecule has 0 N–H and O–H groups in total. The van der Waals surface area contributed by atoms with Crippen molar-refractivity contribution in [3.63, 3.8) is 0 Å². The van der Waals surface area contributed by atoms with E-state index < -0.39 is 11.8 Å². The Hall–Kier alpha value is -2.76. The number of aromatic nitrogens is 2. The van der Waals surface area contributed by atoms with Crippen molar-refractivity contribution < 1.29 is 19.1 Å². The number of rotatable bonds is 7. The average Bonchev–Trinajstić information content (AvgIpc) is 2.54. The van der Waals surface area contributed by atoms with Crippen LogP contribution in [0.3, 0.4) is 0 Å². The van der Waals surface area contributed by atoms with Crippen molar-refractivity contribution in [2.75, 3.05) is 6.61 Å². The Morgan fingerprint density at radius 1 is 1.14 bits per heavy atom. The Balaban J connectivity index is 1.95. The number of benzene rings is 1. The molecule has 1 aromatic heterocycles. The molecule has 1 aromatic carbocycles. The van der Waals surface area contributed by atoms with Crippen molar-refractivity contribution in [3.8, 4) is 5.88 Å². The highest BCUT2D eigenvalue weighted by Crippen LogP contribution is 2.10. The molecule has 0 aliphatic carbocycles. The molecule has 2 aromatic rings. The van der Waals surface area contributed by atoms with Crippen LogP contribution in [0.25, 0.3) is 0 Å². The number of ether oxygens (including phenoxy) is 2. The van der Waals surface area contributed by atoms with Gasteiger partial charge < -0.3 is 9.47 Å². The summed E-state index contributed by atoms with van der Waals surface area (Å²) in [6, 6.07) is 11.2. The molecule has 0 fully saturated rings. The van der Waals surface area contributed by atoms with Gasteiger partial charge in [-0.25, -0.2) is 14.8 Å². The Morgan fingerprint density at radius 2 is 1.91 bits per heavy atom. The van der Waals surface area contributed by atoms with Gasteiger partial charge in [0.1, 0.15) is 12.9 Å². The topological polar surface area (TPSA) is 78.4 Å². The van der Waals surface area contributed by atoms with Crippen molar-refractivity contribution in [2.45, 2.75) is 20.0 Å². The van der Waals surface area contributed by atoms with E-state index >= 15 is 0 Å². The molecule has 0 atom stereocenters. The van der Waals surface area contributed by atoms with Crippen LogP contribution in [0.15, 0.2) is 42.7 Å². The largest absolute Gasteiger partial charge is 0.473 e. The monoisotopic (exact) mass is 300 g/mol. The molecule has 22 heavy (non-hydrogen) atoms. The van der Waals surface area contributed by atoms with Gasteiger partial charge in [-0.1, -0.05) is 30.3 Å². The van der Waals surface area contributed by atoms with E-state index in [4.69, 9.17) is 4.74 Å². The van der Waals surface area contributed by atoms with Crippen LogP contribution in [0.5, 0.6) is 5.88 Å². The Kier molecular flexibility index (Phi) is 5.59. The molecule has 6 heteroatoms. The molecule has 0 unspecified atom stereocenters. The standard InChI is InChI=1S/C16H16N2O4/c1-2-21-16(20)14(19)8-13-9-15(18-11-17-13)22-10-12-6-4-3-5-7-12/h3-7,9,11H,2,8,10H2,1H3. The number of Topliss-reactive ketones (excluding diaryl/α,β-unsaturated/α-hetero) is 1. The first-order valence-electron chi connectivity index (χ1n) is 6.86. The fraction of sp³-hybridized carbons (Fsp3) is 0.250. The lowest BCUT2D eigenvalue weighted by molar-refractivity contribution is -0.153. The third kappa shape index (κ3) is 4.66. The summed E-state index contributed by atoms with van der Waals surface area (Å²) in [5, 5.41) is 0. The fourth-order valence-electron chi connectivity index (χ4n) is 1.73. The Bertz CT molecular complexity index is 644. The maximum absolute atomic E-state index is 11.6. The maximum Gasteiger partial charge on any atom is 0.375 e. The SMILES string of the molecule is CCOC(=O)C(=O)Cc1cc(OCc2ccccc2)ncn1. The van der Waals surface area contributed by atoms with Gasteiger partial charge in [-0.05, 0) is 12.5 Å². The van der Waals surface area contributed by atoms with Gasteiger partial charge in [0.25, 0.3) is 0 Å². The normalized spacial score (nSPS) is 10.0. The van der Waals surface area contributed by atoms with Crippen LogP contribution in [0, 0.1) is 0 Å². The summed E-state index contributed by atoms with van der Waals surface area (Å²) in [5.74, 6) is -1.15. The highest BCUT2D eigenvalue weighted by molar-refractivity contribution is 6.34. The van der Waals surface area contributed by atoms with E-state index in [0.29, 0.717) is 18.2 Å². The van der Waals surface area contributed by atoms with E-state index in [1.807, 2.05) is 30.3 Å². The molecular formula is C16H16N2O4. The highest BCUT2D eigenvalue weighted by Gasteiger charge is 2.16. The van der Waals surface area contributed by atoms with E-state index in [1.165, 1.54) is 6.33 Å². The highest BCUT2D eigenvalue weighted by atomic mass is 16.5. The molecule has 0 radical (unpaired) electrons. The number of carbonyl (C=O) groups is 2. The van der Waals surface area contributed by atoms with E-state index in [2.05, 4.69) is 14.7 Å². The number of hydrogen-bond donors (Lipinski definition) is 0.